The maximum atomic E-state index is 13.2. The molecule has 0 radical (unpaired) electrons. The number of unbranched alkanes of at least 4 members (excludes halogenated alkanes) is 1. The van der Waals surface area contributed by atoms with Gasteiger partial charge in [0.25, 0.3) is 0 Å². The molecule has 22 heteroatoms. The van der Waals surface area contributed by atoms with E-state index < -0.39 is 35.4 Å². The summed E-state index contributed by atoms with van der Waals surface area (Å²) in [7, 11) is 0. The first kappa shape index (κ1) is 57.1. The first-order valence-electron chi connectivity index (χ1n) is 23.9. The summed E-state index contributed by atoms with van der Waals surface area (Å²) < 4.78 is 17.5. The predicted octanol–water partition coefficient (Wildman–Crippen LogP) is 3.20. The number of amides is 3. The van der Waals surface area contributed by atoms with Gasteiger partial charge in [-0.1, -0.05) is 12.1 Å². The molecule has 2 atom stereocenters. The van der Waals surface area contributed by atoms with Crippen LogP contribution in [0.4, 0.5) is 15.4 Å². The number of hydrogen-bond donors (Lipinski definition) is 4. The summed E-state index contributed by atoms with van der Waals surface area (Å²) >= 11 is 0. The van der Waals surface area contributed by atoms with Crippen molar-refractivity contribution in [2.24, 2.45) is 5.92 Å². The number of nitrogens with zero attached hydrogens (tertiary/aromatic N) is 8. The van der Waals surface area contributed by atoms with E-state index in [0.29, 0.717) is 123 Å². The number of carbonyl (C=O) groups excluding carboxylic acids is 4. The number of aliphatic carboxylic acids is 2. The summed E-state index contributed by atoms with van der Waals surface area (Å²) in [5, 5.41) is 27.1. The molecule has 4 bridgehead atoms. The molecule has 3 amide bonds. The Bertz CT molecular complexity index is 1870. The van der Waals surface area contributed by atoms with Crippen LogP contribution in [0.25, 0.3) is 5.43 Å². The van der Waals surface area contributed by atoms with Gasteiger partial charge in [-0.25, -0.2) is 9.59 Å². The number of carboxylic acids is 2. The molecule has 68 heavy (non-hydrogen) atoms. The van der Waals surface area contributed by atoms with Crippen LogP contribution in [0.15, 0.2) is 12.1 Å². The molecule has 3 fully saturated rings. The molecule has 1 spiro atoms. The minimum atomic E-state index is -1.15. The zero-order chi connectivity index (χ0) is 48.8. The van der Waals surface area contributed by atoms with Crippen LogP contribution in [0.3, 0.4) is 0 Å². The van der Waals surface area contributed by atoms with Gasteiger partial charge >= 0.3 is 70.0 Å². The van der Waals surface area contributed by atoms with E-state index in [1.165, 1.54) is 5.01 Å². The van der Waals surface area contributed by atoms with Crippen LogP contribution in [0.5, 0.6) is 0 Å². The second-order valence-corrected chi connectivity index (χ2v) is 20.1. The Balaban J connectivity index is 0.0000101. The topological polar surface area (TPSA) is 241 Å². The predicted molar refractivity (Wildman–Crippen MR) is 247 cm³/mol. The molecular formula is C46H75GdN10O11+. The number of nitrogens with one attached hydrogen (secondary N) is 2. The molecular weight excluding hydrogens is 1030 g/mol. The van der Waals surface area contributed by atoms with Crippen LogP contribution in [0.2, 0.25) is 0 Å². The van der Waals surface area contributed by atoms with Crippen molar-refractivity contribution < 1.29 is 93.1 Å². The number of fused-ring (bicyclic) bond motifs is 3. The molecule has 0 aliphatic carbocycles. The maximum absolute atomic E-state index is 13.2. The number of rotatable bonds is 13. The van der Waals surface area contributed by atoms with Crippen LogP contribution < -0.4 is 10.6 Å². The van der Waals surface area contributed by atoms with Crippen molar-refractivity contribution in [1.82, 2.24) is 45.1 Å². The average molecular weight is 1100 g/mol. The van der Waals surface area contributed by atoms with E-state index in [1.807, 2.05) is 52.5 Å². The SMILES string of the molecule is CC(C)(C)OC(=O)N1CCCN(CCCCC(=O)NCCCc2cc3nc(c2)[C@@]24C[C@@H](CN(CC(=O)O)CCN(CC(=O)O)[N-]3)CN2CC(=O)O4)CCN(C(=O)OC(C)(C)C)CCCNCC1.[Gd+2]. The summed E-state index contributed by atoms with van der Waals surface area (Å²) in [4.78, 5) is 89.9. The summed E-state index contributed by atoms with van der Waals surface area (Å²) in [5.74, 6) is -2.32. The van der Waals surface area contributed by atoms with Crippen LogP contribution in [-0.4, -0.2) is 203 Å². The summed E-state index contributed by atoms with van der Waals surface area (Å²) in [6, 6.07) is 3.65. The first-order valence-corrected chi connectivity index (χ1v) is 23.9. The molecule has 21 nitrogen and oxygen atoms in total. The van der Waals surface area contributed by atoms with Gasteiger partial charge in [0, 0.05) is 84.8 Å². The number of carbonyl (C=O) groups is 6. The Morgan fingerprint density at radius 2 is 1.50 bits per heavy atom. The number of esters is 1. The van der Waals surface area contributed by atoms with E-state index in [-0.39, 0.29) is 102 Å². The van der Waals surface area contributed by atoms with Crippen LogP contribution in [0, 0.1) is 45.9 Å². The van der Waals surface area contributed by atoms with Gasteiger partial charge in [0.1, 0.15) is 17.7 Å². The molecule has 5 rings (SSSR count). The second-order valence-electron chi connectivity index (χ2n) is 20.1. The molecule has 0 unspecified atom stereocenters. The zero-order valence-electron chi connectivity index (χ0n) is 40.9. The van der Waals surface area contributed by atoms with Crippen LogP contribution >= 0.6 is 0 Å². The third-order valence-electron chi connectivity index (χ3n) is 11.9. The number of carboxylic acid groups (broad SMARTS) is 2. The second kappa shape index (κ2) is 26.6. The normalized spacial score (nSPS) is 22.0. The molecule has 5 heterocycles. The van der Waals surface area contributed by atoms with Crippen molar-refractivity contribution in [2.75, 3.05) is 111 Å². The van der Waals surface area contributed by atoms with Crippen LogP contribution in [0.1, 0.15) is 97.7 Å². The Morgan fingerprint density at radius 1 is 0.824 bits per heavy atom. The number of hydrogen-bond acceptors (Lipinski definition) is 15. The third-order valence-corrected chi connectivity index (χ3v) is 11.9. The quantitative estimate of drug-likeness (QED) is 0.126. The smallest absolute Gasteiger partial charge is 0.480 e. The van der Waals surface area contributed by atoms with Gasteiger partial charge in [0.2, 0.25) is 5.91 Å². The molecule has 4 N–H and O–H groups in total. The van der Waals surface area contributed by atoms with Gasteiger partial charge in [0.15, 0.2) is 5.72 Å². The van der Waals surface area contributed by atoms with Gasteiger partial charge in [-0.3, -0.25) is 34.0 Å². The molecule has 4 aliphatic rings. The van der Waals surface area contributed by atoms with Gasteiger partial charge in [-0.05, 0) is 123 Å². The van der Waals surface area contributed by atoms with Crippen molar-refractivity contribution in [1.29, 1.82) is 0 Å². The average Bonchev–Trinajstić information content (AvgIpc) is 3.71. The van der Waals surface area contributed by atoms with Crippen LogP contribution in [-0.2, 0) is 45.5 Å². The zero-order valence-corrected chi connectivity index (χ0v) is 43.2. The van der Waals surface area contributed by atoms with Gasteiger partial charge < -0.3 is 60.2 Å². The third kappa shape index (κ3) is 19.0. The first-order chi connectivity index (χ1) is 31.7. The van der Waals surface area contributed by atoms with E-state index >= 15 is 0 Å². The van der Waals surface area contributed by atoms with Crippen molar-refractivity contribution in [3.05, 3.63) is 28.8 Å². The van der Waals surface area contributed by atoms with E-state index in [2.05, 4.69) is 21.0 Å². The minimum Gasteiger partial charge on any atom is -0.480 e. The molecule has 4 aliphatic heterocycles. The Hall–Kier alpha value is -3.51. The number of ether oxygens (including phenoxy) is 3. The molecule has 1 aromatic rings. The molecule has 1 aromatic heterocycles. The van der Waals surface area contributed by atoms with Gasteiger partial charge in [-0.15, -0.1) is 0 Å². The van der Waals surface area contributed by atoms with Crippen molar-refractivity contribution in [3.63, 3.8) is 0 Å². The number of pyridine rings is 1. The van der Waals surface area contributed by atoms with Gasteiger partial charge in [-0.2, -0.15) is 0 Å². The van der Waals surface area contributed by atoms with E-state index in [9.17, 15) is 39.0 Å². The van der Waals surface area contributed by atoms with E-state index in [0.717, 1.165) is 18.4 Å². The largest absolute Gasteiger partial charge is 2.00 e. The number of aromatic nitrogens is 1. The fraction of sp³-hybridized carbons (Fsp3) is 0.761. The number of aryl methyl sites for hydroxylation is 1. The van der Waals surface area contributed by atoms with Gasteiger partial charge in [0.05, 0.1) is 13.1 Å². The monoisotopic (exact) mass is 1100 g/mol. The fourth-order valence-electron chi connectivity index (χ4n) is 8.93. The molecule has 0 aromatic carbocycles. The molecule has 382 valence electrons. The molecule has 0 saturated carbocycles. The maximum Gasteiger partial charge on any atom is 2.00 e. The van der Waals surface area contributed by atoms with Crippen molar-refractivity contribution in [3.8, 4) is 0 Å². The summed E-state index contributed by atoms with van der Waals surface area (Å²) in [6.45, 7) is 17.7. The molecule has 3 saturated heterocycles. The van der Waals surface area contributed by atoms with E-state index in [4.69, 9.17) is 19.2 Å². The Kier molecular flexibility index (Phi) is 22.4. The standard InChI is InChI=1S/C46H76N10O11.Gd/c1-44(2,3)66-42(63)53-20-11-18-51(22-24-54(19-10-14-47-16-21-53)43(64)67-45(4,5)6)17-8-7-13-38(57)48-15-9-12-34-26-36-46-28-35(30-55(46)33-41(62)65-46)29-52(31-39(58)59)23-25-56(32-40(60)61)50-37(27-34)49-36;/h26-27,35,47H,7-25,28-33H2,1-6H3,(H4,48,49,50,57,58,59,60,61);/q;+2/p-1/t35-,46-;/m0./s1. The van der Waals surface area contributed by atoms with E-state index in [1.54, 1.807) is 20.8 Å². The fourth-order valence-corrected chi connectivity index (χ4v) is 8.93. The Morgan fingerprint density at radius 3 is 2.19 bits per heavy atom. The summed E-state index contributed by atoms with van der Waals surface area (Å²) in [6.07, 6.45) is 4.06. The minimum absolute atomic E-state index is 0. The Labute approximate surface area is 433 Å². The summed E-state index contributed by atoms with van der Waals surface area (Å²) in [5.41, 5.74) is 3.54. The van der Waals surface area contributed by atoms with Crippen molar-refractivity contribution >= 4 is 41.8 Å². The van der Waals surface area contributed by atoms with Crippen molar-refractivity contribution in [2.45, 2.75) is 110 Å².